The molecule has 0 aromatic carbocycles. The van der Waals surface area contributed by atoms with Crippen molar-refractivity contribution in [3.63, 3.8) is 0 Å². The number of hydrogen-bond acceptors (Lipinski definition) is 3. The third-order valence-corrected chi connectivity index (χ3v) is 3.27. The fourth-order valence-corrected chi connectivity index (χ4v) is 1.99. The molecular formula is C14H25N3O. The van der Waals surface area contributed by atoms with Gasteiger partial charge in [-0.15, -0.1) is 0 Å². The number of nitrogens with two attached hydrogens (primary N) is 1. The van der Waals surface area contributed by atoms with Crippen molar-refractivity contribution in [2.45, 2.75) is 33.2 Å². The van der Waals surface area contributed by atoms with Crippen molar-refractivity contribution in [3.8, 4) is 0 Å². The van der Waals surface area contributed by atoms with Gasteiger partial charge in [-0.05, 0) is 32.0 Å². The largest absolute Gasteiger partial charge is 0.398 e. The molecule has 0 amide bonds. The SMILES string of the molecule is CCC(C)CN(C)CCCn1cc(N)ccc1=O. The van der Waals surface area contributed by atoms with Crippen LogP contribution < -0.4 is 11.3 Å². The second-order valence-electron chi connectivity index (χ2n) is 5.12. The minimum atomic E-state index is 0.0220. The first kappa shape index (κ1) is 14.8. The fraction of sp³-hybridized carbons (Fsp3) is 0.643. The van der Waals surface area contributed by atoms with Crippen LogP contribution in [0.25, 0.3) is 0 Å². The summed E-state index contributed by atoms with van der Waals surface area (Å²) in [6.45, 7) is 7.33. The summed E-state index contributed by atoms with van der Waals surface area (Å²) in [5.74, 6) is 0.727. The number of aryl methyl sites for hydroxylation is 1. The van der Waals surface area contributed by atoms with Gasteiger partial charge in [-0.1, -0.05) is 20.3 Å². The van der Waals surface area contributed by atoms with Crippen LogP contribution >= 0.6 is 0 Å². The zero-order valence-electron chi connectivity index (χ0n) is 11.7. The summed E-state index contributed by atoms with van der Waals surface area (Å²) in [4.78, 5) is 13.9. The summed E-state index contributed by atoms with van der Waals surface area (Å²) in [5.41, 5.74) is 6.34. The smallest absolute Gasteiger partial charge is 0.250 e. The lowest BCUT2D eigenvalue weighted by Gasteiger charge is -2.20. The lowest BCUT2D eigenvalue weighted by molar-refractivity contribution is 0.274. The molecule has 2 N–H and O–H groups in total. The first-order chi connectivity index (χ1) is 8.52. The Morgan fingerprint density at radius 1 is 1.44 bits per heavy atom. The fourth-order valence-electron chi connectivity index (χ4n) is 1.99. The quantitative estimate of drug-likeness (QED) is 0.804. The van der Waals surface area contributed by atoms with E-state index in [1.807, 2.05) is 0 Å². The van der Waals surface area contributed by atoms with Crippen molar-refractivity contribution in [3.05, 3.63) is 28.7 Å². The van der Waals surface area contributed by atoms with E-state index in [2.05, 4.69) is 25.8 Å². The van der Waals surface area contributed by atoms with Crippen LogP contribution in [0.2, 0.25) is 0 Å². The van der Waals surface area contributed by atoms with Crippen LogP contribution in [0.5, 0.6) is 0 Å². The van der Waals surface area contributed by atoms with E-state index in [-0.39, 0.29) is 5.56 Å². The molecule has 1 atom stereocenters. The molecule has 4 heteroatoms. The predicted octanol–water partition coefficient (Wildman–Crippen LogP) is 1.80. The minimum Gasteiger partial charge on any atom is -0.398 e. The maximum absolute atomic E-state index is 11.6. The molecule has 0 fully saturated rings. The van der Waals surface area contributed by atoms with Gasteiger partial charge in [-0.3, -0.25) is 4.79 Å². The second-order valence-corrected chi connectivity index (χ2v) is 5.12. The molecule has 0 bridgehead atoms. The van der Waals surface area contributed by atoms with E-state index < -0.39 is 0 Å². The molecule has 1 unspecified atom stereocenters. The van der Waals surface area contributed by atoms with Crippen LogP contribution in [0.4, 0.5) is 5.69 Å². The van der Waals surface area contributed by atoms with Crippen molar-refractivity contribution in [2.24, 2.45) is 5.92 Å². The van der Waals surface area contributed by atoms with Gasteiger partial charge in [0.1, 0.15) is 0 Å². The topological polar surface area (TPSA) is 51.3 Å². The Hall–Kier alpha value is -1.29. The maximum Gasteiger partial charge on any atom is 0.250 e. The van der Waals surface area contributed by atoms with Gasteiger partial charge in [-0.2, -0.15) is 0 Å². The molecule has 4 nitrogen and oxygen atoms in total. The molecule has 0 aliphatic carbocycles. The summed E-state index contributed by atoms with van der Waals surface area (Å²) >= 11 is 0. The standard InChI is InChI=1S/C14H25N3O/c1-4-12(2)10-16(3)8-5-9-17-11-13(15)6-7-14(17)18/h6-7,11-12H,4-5,8-10,15H2,1-3H3. The first-order valence-corrected chi connectivity index (χ1v) is 6.67. The van der Waals surface area contributed by atoms with E-state index in [0.717, 1.165) is 32.0 Å². The third-order valence-electron chi connectivity index (χ3n) is 3.27. The van der Waals surface area contributed by atoms with Crippen molar-refractivity contribution < 1.29 is 0 Å². The average Bonchev–Trinajstić information content (AvgIpc) is 2.33. The van der Waals surface area contributed by atoms with E-state index in [0.29, 0.717) is 5.69 Å². The number of aromatic nitrogens is 1. The number of anilines is 1. The average molecular weight is 251 g/mol. The van der Waals surface area contributed by atoms with Crippen LogP contribution in [0, 0.1) is 5.92 Å². The van der Waals surface area contributed by atoms with Crippen molar-refractivity contribution in [1.82, 2.24) is 9.47 Å². The molecule has 0 aliphatic heterocycles. The van der Waals surface area contributed by atoms with Gasteiger partial charge in [-0.25, -0.2) is 0 Å². The highest BCUT2D eigenvalue weighted by Crippen LogP contribution is 2.03. The van der Waals surface area contributed by atoms with Crippen LogP contribution in [-0.4, -0.2) is 29.6 Å². The van der Waals surface area contributed by atoms with Gasteiger partial charge >= 0.3 is 0 Å². The Kier molecular flexibility index (Phi) is 5.92. The van der Waals surface area contributed by atoms with Gasteiger partial charge in [0.05, 0.1) is 0 Å². The van der Waals surface area contributed by atoms with Crippen molar-refractivity contribution >= 4 is 5.69 Å². The molecule has 0 radical (unpaired) electrons. The second kappa shape index (κ2) is 7.21. The van der Waals surface area contributed by atoms with Crippen LogP contribution in [0.3, 0.4) is 0 Å². The minimum absolute atomic E-state index is 0.0220. The highest BCUT2D eigenvalue weighted by molar-refractivity contribution is 5.33. The molecular weight excluding hydrogens is 226 g/mol. The molecule has 1 heterocycles. The monoisotopic (exact) mass is 251 g/mol. The zero-order valence-corrected chi connectivity index (χ0v) is 11.7. The Morgan fingerprint density at radius 2 is 2.17 bits per heavy atom. The molecule has 0 aliphatic rings. The van der Waals surface area contributed by atoms with Crippen LogP contribution in [0.1, 0.15) is 26.7 Å². The van der Waals surface area contributed by atoms with E-state index in [1.54, 1.807) is 16.8 Å². The summed E-state index contributed by atoms with van der Waals surface area (Å²) in [6.07, 6.45) is 3.90. The Balaban J connectivity index is 2.37. The summed E-state index contributed by atoms with van der Waals surface area (Å²) in [5, 5.41) is 0. The Morgan fingerprint density at radius 3 is 2.83 bits per heavy atom. The summed E-state index contributed by atoms with van der Waals surface area (Å²) < 4.78 is 1.69. The van der Waals surface area contributed by atoms with Gasteiger partial charge < -0.3 is 15.2 Å². The molecule has 0 saturated heterocycles. The van der Waals surface area contributed by atoms with Gasteiger partial charge in [0.25, 0.3) is 5.56 Å². The number of rotatable bonds is 7. The molecule has 1 aromatic heterocycles. The molecule has 1 rings (SSSR count). The molecule has 102 valence electrons. The maximum atomic E-state index is 11.6. The highest BCUT2D eigenvalue weighted by Gasteiger charge is 2.04. The number of pyridine rings is 1. The van der Waals surface area contributed by atoms with Gasteiger partial charge in [0.2, 0.25) is 0 Å². The normalized spacial score (nSPS) is 12.9. The van der Waals surface area contributed by atoms with Gasteiger partial charge in [0, 0.05) is 31.0 Å². The Bertz CT molecular complexity index is 414. The number of nitrogen functional groups attached to an aromatic ring is 1. The number of nitrogens with zero attached hydrogens (tertiary/aromatic N) is 2. The first-order valence-electron chi connectivity index (χ1n) is 6.67. The summed E-state index contributed by atoms with van der Waals surface area (Å²) in [6, 6.07) is 3.17. The molecule has 0 saturated carbocycles. The van der Waals surface area contributed by atoms with Crippen LogP contribution in [0.15, 0.2) is 23.1 Å². The van der Waals surface area contributed by atoms with E-state index in [1.165, 1.54) is 12.5 Å². The molecule has 18 heavy (non-hydrogen) atoms. The molecule has 1 aromatic rings. The number of hydrogen-bond donors (Lipinski definition) is 1. The van der Waals surface area contributed by atoms with Gasteiger partial charge in [0.15, 0.2) is 0 Å². The van der Waals surface area contributed by atoms with Crippen LogP contribution in [-0.2, 0) is 6.54 Å². The zero-order chi connectivity index (χ0) is 13.5. The van der Waals surface area contributed by atoms with E-state index in [4.69, 9.17) is 5.73 Å². The third kappa shape index (κ3) is 4.92. The lowest BCUT2D eigenvalue weighted by atomic mass is 10.1. The van der Waals surface area contributed by atoms with Crippen molar-refractivity contribution in [2.75, 3.05) is 25.9 Å². The van der Waals surface area contributed by atoms with E-state index in [9.17, 15) is 4.79 Å². The molecule has 0 spiro atoms. The van der Waals surface area contributed by atoms with E-state index >= 15 is 0 Å². The lowest BCUT2D eigenvalue weighted by Crippen LogP contribution is -2.27. The predicted molar refractivity (Wildman–Crippen MR) is 76.7 cm³/mol. The highest BCUT2D eigenvalue weighted by atomic mass is 16.1. The van der Waals surface area contributed by atoms with Crippen molar-refractivity contribution in [1.29, 1.82) is 0 Å². The Labute approximate surface area is 109 Å². The summed E-state index contributed by atoms with van der Waals surface area (Å²) in [7, 11) is 2.13.